The van der Waals surface area contributed by atoms with Crippen molar-refractivity contribution in [3.05, 3.63) is 83.1 Å². The van der Waals surface area contributed by atoms with E-state index in [1.807, 2.05) is 72.5 Å². The summed E-state index contributed by atoms with van der Waals surface area (Å²) in [6, 6.07) is 17.9. The van der Waals surface area contributed by atoms with Gasteiger partial charge in [0.25, 0.3) is 5.91 Å². The van der Waals surface area contributed by atoms with Gasteiger partial charge in [-0.05, 0) is 31.5 Å². The van der Waals surface area contributed by atoms with Crippen LogP contribution >= 0.6 is 0 Å². The van der Waals surface area contributed by atoms with E-state index in [-0.39, 0.29) is 24.6 Å². The maximum absolute atomic E-state index is 13.1. The average molecular weight is 477 g/mol. The molecule has 0 saturated carbocycles. The fourth-order valence-corrected chi connectivity index (χ4v) is 4.73. The van der Waals surface area contributed by atoms with Crippen molar-refractivity contribution < 1.29 is 19.1 Å². The van der Waals surface area contributed by atoms with Crippen LogP contribution in [0.4, 0.5) is 4.79 Å². The normalized spacial score (nSPS) is 21.1. The van der Waals surface area contributed by atoms with E-state index in [2.05, 4.69) is 10.2 Å². The summed E-state index contributed by atoms with van der Waals surface area (Å²) in [6.07, 6.45) is 0. The number of nitrogens with one attached hydrogen (secondary N) is 1. The van der Waals surface area contributed by atoms with Gasteiger partial charge in [0, 0.05) is 50.5 Å². The molecule has 0 radical (unpaired) electrons. The molecule has 1 saturated heterocycles. The number of likely N-dealkylation sites (N-methyl/N-ethyl adjacent to an activating group) is 1. The summed E-state index contributed by atoms with van der Waals surface area (Å²) in [5.41, 5.74) is 2.56. The van der Waals surface area contributed by atoms with Crippen molar-refractivity contribution in [1.29, 1.82) is 0 Å². The molecule has 35 heavy (non-hydrogen) atoms. The van der Waals surface area contributed by atoms with E-state index in [9.17, 15) is 14.4 Å². The fraction of sp³-hybridized carbons (Fsp3) is 0.370. The summed E-state index contributed by atoms with van der Waals surface area (Å²) in [7, 11) is 1.67. The first-order valence-electron chi connectivity index (χ1n) is 12.0. The molecule has 4 rings (SSSR count). The van der Waals surface area contributed by atoms with E-state index in [1.54, 1.807) is 14.0 Å². The van der Waals surface area contributed by atoms with Gasteiger partial charge in [-0.1, -0.05) is 48.5 Å². The zero-order valence-electron chi connectivity index (χ0n) is 20.4. The van der Waals surface area contributed by atoms with Crippen molar-refractivity contribution in [2.75, 3.05) is 39.8 Å². The topological polar surface area (TPSA) is 82.2 Å². The third-order valence-electron chi connectivity index (χ3n) is 6.57. The molecular weight excluding hydrogens is 444 g/mol. The number of carbonyl (C=O) groups excluding carboxylic acids is 3. The fourth-order valence-electron chi connectivity index (χ4n) is 4.73. The number of piperazine rings is 1. The molecule has 0 spiro atoms. The first-order valence-corrected chi connectivity index (χ1v) is 12.0. The third-order valence-corrected chi connectivity index (χ3v) is 6.57. The minimum absolute atomic E-state index is 0.0162. The number of hydrogen-bond donors (Lipinski definition) is 1. The van der Waals surface area contributed by atoms with Crippen molar-refractivity contribution in [3.8, 4) is 0 Å². The number of carbonyl (C=O) groups is 3. The predicted molar refractivity (Wildman–Crippen MR) is 133 cm³/mol. The average Bonchev–Trinajstić information content (AvgIpc) is 2.87. The summed E-state index contributed by atoms with van der Waals surface area (Å²) in [5.74, 6) is -0.420. The Bertz CT molecular complexity index is 1100. The van der Waals surface area contributed by atoms with Crippen molar-refractivity contribution >= 4 is 17.9 Å². The van der Waals surface area contributed by atoms with Crippen LogP contribution < -0.4 is 5.32 Å². The Morgan fingerprint density at radius 1 is 1.03 bits per heavy atom. The number of nitrogens with zero attached hydrogens (tertiary/aromatic N) is 3. The van der Waals surface area contributed by atoms with Crippen LogP contribution in [0.2, 0.25) is 0 Å². The van der Waals surface area contributed by atoms with Gasteiger partial charge in [-0.15, -0.1) is 0 Å². The smallest absolute Gasteiger partial charge is 0.338 e. The lowest BCUT2D eigenvalue weighted by atomic mass is 9.94. The summed E-state index contributed by atoms with van der Waals surface area (Å²) in [5, 5.41) is 2.94. The first-order chi connectivity index (χ1) is 16.9. The highest BCUT2D eigenvalue weighted by Gasteiger charge is 2.38. The van der Waals surface area contributed by atoms with Crippen LogP contribution in [0.1, 0.15) is 35.8 Å². The van der Waals surface area contributed by atoms with Crippen molar-refractivity contribution in [2.24, 2.45) is 0 Å². The maximum Gasteiger partial charge on any atom is 0.338 e. The van der Waals surface area contributed by atoms with Gasteiger partial charge in [0.1, 0.15) is 0 Å². The summed E-state index contributed by atoms with van der Waals surface area (Å²) < 4.78 is 5.41. The molecule has 184 valence electrons. The van der Waals surface area contributed by atoms with Crippen LogP contribution in [0.5, 0.6) is 0 Å². The van der Waals surface area contributed by atoms with Crippen LogP contribution in [-0.2, 0) is 9.53 Å². The Labute approximate surface area is 206 Å². The molecule has 8 nitrogen and oxygen atoms in total. The Morgan fingerprint density at radius 3 is 2.31 bits per heavy atom. The van der Waals surface area contributed by atoms with Crippen LogP contribution in [0.15, 0.2) is 71.9 Å². The summed E-state index contributed by atoms with van der Waals surface area (Å²) in [4.78, 5) is 44.6. The Morgan fingerprint density at radius 2 is 1.69 bits per heavy atom. The second-order valence-corrected chi connectivity index (χ2v) is 8.88. The van der Waals surface area contributed by atoms with E-state index in [0.29, 0.717) is 43.0 Å². The minimum Gasteiger partial charge on any atom is -0.463 e. The number of benzene rings is 2. The van der Waals surface area contributed by atoms with Gasteiger partial charge in [-0.3, -0.25) is 14.6 Å². The van der Waals surface area contributed by atoms with Crippen LogP contribution in [0.25, 0.3) is 0 Å². The van der Waals surface area contributed by atoms with Crippen molar-refractivity contribution in [3.63, 3.8) is 0 Å². The standard InChI is InChI=1S/C27H32N4O4/c1-4-35-26(33)23-22(29(3)27(34)28-24(23)20-11-7-5-8-12-20)18-30-15-16-31(19(2)17-30)25(32)21-13-9-6-10-14-21/h5-14,19,24H,4,15-18H2,1-3H3,(H,28,34)/t19-,24-/m0/s1. The van der Waals surface area contributed by atoms with Gasteiger partial charge in [0.05, 0.1) is 18.2 Å². The van der Waals surface area contributed by atoms with Gasteiger partial charge < -0.3 is 15.0 Å². The van der Waals surface area contributed by atoms with Gasteiger partial charge in [-0.2, -0.15) is 0 Å². The number of hydrogen-bond acceptors (Lipinski definition) is 5. The summed E-state index contributed by atoms with van der Waals surface area (Å²) >= 11 is 0. The SMILES string of the molecule is CCOC(=O)C1=C(CN2CCN(C(=O)c3ccccc3)[C@@H](C)C2)N(C)C(=O)N[C@H]1c1ccccc1. The molecule has 2 aromatic carbocycles. The Hall–Kier alpha value is -3.65. The zero-order chi connectivity index (χ0) is 24.9. The molecular formula is C27H32N4O4. The molecule has 2 aliphatic heterocycles. The first kappa shape index (κ1) is 24.5. The largest absolute Gasteiger partial charge is 0.463 e. The third kappa shape index (κ3) is 5.22. The van der Waals surface area contributed by atoms with E-state index in [1.165, 1.54) is 4.90 Å². The monoisotopic (exact) mass is 476 g/mol. The van der Waals surface area contributed by atoms with Crippen LogP contribution in [0.3, 0.4) is 0 Å². The Kier molecular flexibility index (Phi) is 7.51. The summed E-state index contributed by atoms with van der Waals surface area (Å²) in [6.45, 7) is 6.26. The highest BCUT2D eigenvalue weighted by atomic mass is 16.5. The zero-order valence-corrected chi connectivity index (χ0v) is 20.4. The van der Waals surface area contributed by atoms with Crippen LogP contribution in [-0.4, -0.2) is 78.5 Å². The molecule has 2 heterocycles. The number of rotatable bonds is 6. The maximum atomic E-state index is 13.1. The number of ether oxygens (including phenoxy) is 1. The molecule has 1 fully saturated rings. The van der Waals surface area contributed by atoms with Gasteiger partial charge in [-0.25, -0.2) is 9.59 Å². The molecule has 0 bridgehead atoms. The molecule has 0 aromatic heterocycles. The molecule has 3 amide bonds. The highest BCUT2D eigenvalue weighted by molar-refractivity contribution is 5.95. The molecule has 1 N–H and O–H groups in total. The molecule has 0 unspecified atom stereocenters. The van der Waals surface area contributed by atoms with Gasteiger partial charge in [0.15, 0.2) is 0 Å². The Balaban J connectivity index is 1.59. The lowest BCUT2D eigenvalue weighted by Gasteiger charge is -2.42. The quantitative estimate of drug-likeness (QED) is 0.648. The second-order valence-electron chi connectivity index (χ2n) is 8.88. The molecule has 0 aliphatic carbocycles. The lowest BCUT2D eigenvalue weighted by Crippen LogP contribution is -2.56. The second kappa shape index (κ2) is 10.7. The predicted octanol–water partition coefficient (Wildman–Crippen LogP) is 3.05. The van der Waals surface area contributed by atoms with Crippen molar-refractivity contribution in [2.45, 2.75) is 25.9 Å². The number of esters is 1. The van der Waals surface area contributed by atoms with Gasteiger partial charge >= 0.3 is 12.0 Å². The molecule has 8 heteroatoms. The van der Waals surface area contributed by atoms with E-state index < -0.39 is 12.0 Å². The molecule has 2 aliphatic rings. The highest BCUT2D eigenvalue weighted by Crippen LogP contribution is 2.31. The van der Waals surface area contributed by atoms with Gasteiger partial charge in [0.2, 0.25) is 0 Å². The van der Waals surface area contributed by atoms with E-state index >= 15 is 0 Å². The van der Waals surface area contributed by atoms with Crippen molar-refractivity contribution in [1.82, 2.24) is 20.0 Å². The minimum atomic E-state index is -0.590. The van der Waals surface area contributed by atoms with E-state index in [4.69, 9.17) is 4.74 Å². The van der Waals surface area contributed by atoms with Crippen LogP contribution in [0, 0.1) is 0 Å². The van der Waals surface area contributed by atoms with E-state index in [0.717, 1.165) is 5.56 Å². The lowest BCUT2D eigenvalue weighted by molar-refractivity contribution is -0.139. The molecule has 2 atom stereocenters. The molecule has 2 aromatic rings. The number of urea groups is 1. The number of amides is 3.